The van der Waals surface area contributed by atoms with Gasteiger partial charge in [-0.25, -0.2) is 0 Å². The molecule has 2 N–H and O–H groups in total. The van der Waals surface area contributed by atoms with E-state index in [9.17, 15) is 0 Å². The van der Waals surface area contributed by atoms with Crippen molar-refractivity contribution in [3.63, 3.8) is 0 Å². The molecule has 0 bridgehead atoms. The first kappa shape index (κ1) is 12.7. The molecule has 1 aliphatic heterocycles. The summed E-state index contributed by atoms with van der Waals surface area (Å²) in [5, 5.41) is 0. The smallest absolute Gasteiger partial charge is 0.0517 e. The number of hydrogen-bond donors (Lipinski definition) is 1. The van der Waals surface area contributed by atoms with Gasteiger partial charge in [0, 0.05) is 22.7 Å². The van der Waals surface area contributed by atoms with Crippen molar-refractivity contribution in [2.24, 2.45) is 5.92 Å². The molecule has 1 aromatic rings. The number of hydrogen-bond acceptors (Lipinski definition) is 2. The fraction of sp³-hybridized carbons (Fsp3) is 0.571. The normalized spacial score (nSPS) is 25.1. The number of rotatable bonds is 1. The van der Waals surface area contributed by atoms with Crippen molar-refractivity contribution in [3.8, 4) is 0 Å². The van der Waals surface area contributed by atoms with Crippen LogP contribution in [0.15, 0.2) is 16.6 Å². The molecule has 1 heterocycles. The number of aryl methyl sites for hydroxylation is 1. The molecule has 1 aliphatic rings. The largest absolute Gasteiger partial charge is 0.398 e. The Kier molecular flexibility index (Phi) is 3.67. The van der Waals surface area contributed by atoms with Crippen LogP contribution in [0, 0.1) is 12.8 Å². The second-order valence-electron chi connectivity index (χ2n) is 5.33. The first-order valence-electron chi connectivity index (χ1n) is 6.31. The summed E-state index contributed by atoms with van der Waals surface area (Å²) in [6.45, 7) is 7.87. The van der Waals surface area contributed by atoms with Crippen LogP contribution in [0.5, 0.6) is 0 Å². The zero-order valence-electron chi connectivity index (χ0n) is 10.8. The fourth-order valence-electron chi connectivity index (χ4n) is 2.67. The van der Waals surface area contributed by atoms with Crippen molar-refractivity contribution in [2.75, 3.05) is 17.2 Å². The lowest BCUT2D eigenvalue weighted by Crippen LogP contribution is -2.40. The maximum atomic E-state index is 5.93. The highest BCUT2D eigenvalue weighted by Crippen LogP contribution is 2.35. The molecule has 0 aromatic heterocycles. The van der Waals surface area contributed by atoms with Crippen LogP contribution in [-0.2, 0) is 0 Å². The first-order chi connectivity index (χ1) is 7.99. The Hall–Kier alpha value is -0.700. The Balaban J connectivity index is 2.31. The third-order valence-electron chi connectivity index (χ3n) is 3.78. The van der Waals surface area contributed by atoms with Gasteiger partial charge in [-0.1, -0.05) is 6.92 Å². The van der Waals surface area contributed by atoms with E-state index in [0.717, 1.165) is 28.2 Å². The highest BCUT2D eigenvalue weighted by Gasteiger charge is 2.24. The topological polar surface area (TPSA) is 29.3 Å². The van der Waals surface area contributed by atoms with Crippen molar-refractivity contribution in [2.45, 2.75) is 39.7 Å². The number of piperidine rings is 1. The van der Waals surface area contributed by atoms with Crippen LogP contribution in [0.1, 0.15) is 32.3 Å². The molecule has 0 aliphatic carbocycles. The molecular weight excluding hydrogens is 276 g/mol. The molecule has 0 spiro atoms. The first-order valence-corrected chi connectivity index (χ1v) is 7.10. The van der Waals surface area contributed by atoms with Crippen LogP contribution < -0.4 is 10.6 Å². The molecule has 3 heteroatoms. The number of halogens is 1. The molecule has 2 unspecified atom stereocenters. The minimum Gasteiger partial charge on any atom is -0.398 e. The number of nitrogens with zero attached hydrogens (tertiary/aromatic N) is 1. The fourth-order valence-corrected chi connectivity index (χ4v) is 3.26. The Morgan fingerprint density at radius 2 is 2.06 bits per heavy atom. The van der Waals surface area contributed by atoms with Gasteiger partial charge >= 0.3 is 0 Å². The lowest BCUT2D eigenvalue weighted by Gasteiger charge is -2.39. The second-order valence-corrected chi connectivity index (χ2v) is 6.19. The monoisotopic (exact) mass is 296 g/mol. The van der Waals surface area contributed by atoms with E-state index >= 15 is 0 Å². The maximum absolute atomic E-state index is 5.93. The highest BCUT2D eigenvalue weighted by atomic mass is 79.9. The van der Waals surface area contributed by atoms with Gasteiger partial charge in [-0.05, 0) is 66.2 Å². The van der Waals surface area contributed by atoms with Crippen molar-refractivity contribution in [3.05, 3.63) is 22.2 Å². The standard InChI is InChI=1S/C14H21BrN2/c1-9-4-5-17(11(3)6-9)14-7-10(2)13(16)8-12(14)15/h7-9,11H,4-6,16H2,1-3H3. The van der Waals surface area contributed by atoms with Crippen LogP contribution in [-0.4, -0.2) is 12.6 Å². The summed E-state index contributed by atoms with van der Waals surface area (Å²) in [5.74, 6) is 0.843. The number of anilines is 2. The molecular formula is C14H21BrN2. The van der Waals surface area contributed by atoms with E-state index in [-0.39, 0.29) is 0 Å². The minimum atomic E-state index is 0.609. The third kappa shape index (κ3) is 2.59. The van der Waals surface area contributed by atoms with E-state index in [2.05, 4.69) is 47.7 Å². The van der Waals surface area contributed by atoms with Gasteiger partial charge in [0.2, 0.25) is 0 Å². The van der Waals surface area contributed by atoms with Crippen LogP contribution in [0.4, 0.5) is 11.4 Å². The molecule has 94 valence electrons. The Bertz CT molecular complexity index is 417. The van der Waals surface area contributed by atoms with Crippen molar-refractivity contribution < 1.29 is 0 Å². The summed E-state index contributed by atoms with van der Waals surface area (Å²) in [4.78, 5) is 2.50. The Morgan fingerprint density at radius 3 is 2.71 bits per heavy atom. The number of nitrogens with two attached hydrogens (primary N) is 1. The van der Waals surface area contributed by atoms with E-state index in [1.54, 1.807) is 0 Å². The Morgan fingerprint density at radius 1 is 1.35 bits per heavy atom. The van der Waals surface area contributed by atoms with Crippen LogP contribution in [0.25, 0.3) is 0 Å². The maximum Gasteiger partial charge on any atom is 0.0517 e. The number of nitrogen functional groups attached to an aromatic ring is 1. The van der Waals surface area contributed by atoms with Gasteiger partial charge in [0.1, 0.15) is 0 Å². The SMILES string of the molecule is Cc1cc(N2CCC(C)CC2C)c(Br)cc1N. The van der Waals surface area contributed by atoms with Gasteiger partial charge in [-0.15, -0.1) is 0 Å². The van der Waals surface area contributed by atoms with E-state index < -0.39 is 0 Å². The lowest BCUT2D eigenvalue weighted by molar-refractivity contribution is 0.377. The quantitative estimate of drug-likeness (QED) is 0.795. The summed E-state index contributed by atoms with van der Waals surface area (Å²) < 4.78 is 1.11. The molecule has 0 saturated carbocycles. The van der Waals surface area contributed by atoms with Gasteiger partial charge in [-0.2, -0.15) is 0 Å². The van der Waals surface area contributed by atoms with Gasteiger partial charge in [-0.3, -0.25) is 0 Å². The van der Waals surface area contributed by atoms with Gasteiger partial charge < -0.3 is 10.6 Å². The second kappa shape index (κ2) is 4.89. The van der Waals surface area contributed by atoms with Crippen LogP contribution in [0.3, 0.4) is 0 Å². The van der Waals surface area contributed by atoms with E-state index in [0.29, 0.717) is 6.04 Å². The van der Waals surface area contributed by atoms with Gasteiger partial charge in [0.15, 0.2) is 0 Å². The number of benzene rings is 1. The molecule has 2 rings (SSSR count). The molecule has 0 amide bonds. The predicted octanol–water partition coefficient (Wildman–Crippen LogP) is 3.96. The van der Waals surface area contributed by atoms with Crippen LogP contribution >= 0.6 is 15.9 Å². The summed E-state index contributed by atoms with van der Waals surface area (Å²) in [6, 6.07) is 4.83. The van der Waals surface area contributed by atoms with Gasteiger partial charge in [0.25, 0.3) is 0 Å². The molecule has 0 radical (unpaired) electrons. The van der Waals surface area contributed by atoms with Crippen molar-refractivity contribution in [1.82, 2.24) is 0 Å². The third-order valence-corrected chi connectivity index (χ3v) is 4.42. The van der Waals surface area contributed by atoms with E-state index in [1.807, 2.05) is 6.07 Å². The zero-order valence-corrected chi connectivity index (χ0v) is 12.4. The molecule has 17 heavy (non-hydrogen) atoms. The summed E-state index contributed by atoms with van der Waals surface area (Å²) >= 11 is 3.64. The molecule has 1 saturated heterocycles. The van der Waals surface area contributed by atoms with Crippen molar-refractivity contribution in [1.29, 1.82) is 0 Å². The molecule has 2 atom stereocenters. The summed E-state index contributed by atoms with van der Waals surface area (Å²) in [7, 11) is 0. The minimum absolute atomic E-state index is 0.609. The average molecular weight is 297 g/mol. The highest BCUT2D eigenvalue weighted by molar-refractivity contribution is 9.10. The zero-order chi connectivity index (χ0) is 12.6. The van der Waals surface area contributed by atoms with E-state index in [1.165, 1.54) is 18.5 Å². The van der Waals surface area contributed by atoms with Crippen molar-refractivity contribution >= 4 is 27.3 Å². The van der Waals surface area contributed by atoms with Gasteiger partial charge in [0.05, 0.1) is 5.69 Å². The van der Waals surface area contributed by atoms with Crippen LogP contribution in [0.2, 0.25) is 0 Å². The lowest BCUT2D eigenvalue weighted by atomic mass is 9.93. The predicted molar refractivity (Wildman–Crippen MR) is 78.5 cm³/mol. The Labute approximate surface area is 112 Å². The average Bonchev–Trinajstić information content (AvgIpc) is 2.24. The summed E-state index contributed by atoms with van der Waals surface area (Å²) in [5.41, 5.74) is 9.24. The van der Waals surface area contributed by atoms with E-state index in [4.69, 9.17) is 5.73 Å². The molecule has 1 fully saturated rings. The summed E-state index contributed by atoms with van der Waals surface area (Å²) in [6.07, 6.45) is 2.55. The molecule has 1 aromatic carbocycles. The molecule has 2 nitrogen and oxygen atoms in total.